The minimum Gasteiger partial charge on any atom is -0.494 e. The highest BCUT2D eigenvalue weighted by atomic mass is 16.5. The molecule has 0 saturated carbocycles. The van der Waals surface area contributed by atoms with Gasteiger partial charge in [-0.2, -0.15) is 0 Å². The van der Waals surface area contributed by atoms with Gasteiger partial charge in [0.15, 0.2) is 0 Å². The maximum Gasteiger partial charge on any atom is 0.119 e. The Kier molecular flexibility index (Phi) is 7.01. The van der Waals surface area contributed by atoms with Crippen LogP contribution in [0.3, 0.4) is 0 Å². The Bertz CT molecular complexity index is 667. The van der Waals surface area contributed by atoms with Crippen molar-refractivity contribution in [2.24, 2.45) is 0 Å². The van der Waals surface area contributed by atoms with Crippen LogP contribution in [-0.2, 0) is 6.42 Å². The summed E-state index contributed by atoms with van der Waals surface area (Å²) in [4.78, 5) is 0. The first-order valence-corrected chi connectivity index (χ1v) is 8.30. The van der Waals surface area contributed by atoms with Gasteiger partial charge in [-0.1, -0.05) is 43.0 Å². The zero-order valence-corrected chi connectivity index (χ0v) is 14.0. The average Bonchev–Trinajstić information content (AvgIpc) is 2.59. The van der Waals surface area contributed by atoms with Crippen molar-refractivity contribution in [3.8, 4) is 17.6 Å². The number of aryl methyl sites for hydroxylation is 1. The second-order valence-electron chi connectivity index (χ2n) is 5.32. The molecule has 2 rings (SSSR count). The van der Waals surface area contributed by atoms with Crippen LogP contribution in [0.15, 0.2) is 60.7 Å². The van der Waals surface area contributed by atoms with E-state index in [1.54, 1.807) is 0 Å². The summed E-state index contributed by atoms with van der Waals surface area (Å²) in [7, 11) is 0. The summed E-state index contributed by atoms with van der Waals surface area (Å²) in [6.45, 7) is 4.83. The topological polar surface area (TPSA) is 9.23 Å². The van der Waals surface area contributed by atoms with Crippen molar-refractivity contribution in [3.05, 3.63) is 77.4 Å². The van der Waals surface area contributed by atoms with E-state index in [2.05, 4.69) is 55.2 Å². The fourth-order valence-corrected chi connectivity index (χ4v) is 2.23. The van der Waals surface area contributed by atoms with E-state index >= 15 is 0 Å². The van der Waals surface area contributed by atoms with Crippen LogP contribution in [0.1, 0.15) is 43.4 Å². The van der Waals surface area contributed by atoms with E-state index in [1.165, 1.54) is 5.56 Å². The van der Waals surface area contributed by atoms with E-state index < -0.39 is 0 Å². The van der Waals surface area contributed by atoms with Gasteiger partial charge in [0.05, 0.1) is 6.61 Å². The van der Waals surface area contributed by atoms with Crippen LogP contribution in [0.4, 0.5) is 0 Å². The van der Waals surface area contributed by atoms with Gasteiger partial charge in [-0.15, -0.1) is 0 Å². The van der Waals surface area contributed by atoms with E-state index in [-0.39, 0.29) is 0 Å². The lowest BCUT2D eigenvalue weighted by atomic mass is 10.1. The molecule has 1 heteroatoms. The van der Waals surface area contributed by atoms with Gasteiger partial charge in [-0.3, -0.25) is 0 Å². The summed E-state index contributed by atoms with van der Waals surface area (Å²) in [5.41, 5.74) is 3.41. The van der Waals surface area contributed by atoms with Crippen LogP contribution in [0.5, 0.6) is 5.75 Å². The molecule has 118 valence electrons. The Morgan fingerprint density at radius 2 is 1.43 bits per heavy atom. The monoisotopic (exact) mass is 304 g/mol. The van der Waals surface area contributed by atoms with Gasteiger partial charge in [0.1, 0.15) is 5.75 Å². The number of ether oxygens (including phenoxy) is 1. The highest BCUT2D eigenvalue weighted by Crippen LogP contribution is 2.12. The Balaban J connectivity index is 1.94. The van der Waals surface area contributed by atoms with Crippen LogP contribution in [-0.4, -0.2) is 6.61 Å². The summed E-state index contributed by atoms with van der Waals surface area (Å²) in [5.74, 6) is 7.29. The van der Waals surface area contributed by atoms with Crippen molar-refractivity contribution < 1.29 is 4.74 Å². The summed E-state index contributed by atoms with van der Waals surface area (Å²) in [5, 5.41) is 0. The van der Waals surface area contributed by atoms with E-state index in [4.69, 9.17) is 4.74 Å². The molecule has 0 aliphatic heterocycles. The van der Waals surface area contributed by atoms with Gasteiger partial charge in [-0.25, -0.2) is 0 Å². The van der Waals surface area contributed by atoms with Gasteiger partial charge in [0, 0.05) is 11.1 Å². The molecule has 0 fully saturated rings. The second-order valence-corrected chi connectivity index (χ2v) is 5.32. The molecule has 23 heavy (non-hydrogen) atoms. The van der Waals surface area contributed by atoms with Crippen LogP contribution in [0.25, 0.3) is 0 Å². The smallest absolute Gasteiger partial charge is 0.119 e. The highest BCUT2D eigenvalue weighted by molar-refractivity contribution is 5.44. The van der Waals surface area contributed by atoms with Crippen molar-refractivity contribution in [3.63, 3.8) is 0 Å². The van der Waals surface area contributed by atoms with Crippen molar-refractivity contribution in [2.75, 3.05) is 6.61 Å². The van der Waals surface area contributed by atoms with E-state index in [1.807, 2.05) is 31.2 Å². The first-order chi connectivity index (χ1) is 11.3. The van der Waals surface area contributed by atoms with Crippen molar-refractivity contribution in [1.82, 2.24) is 0 Å². The number of benzene rings is 2. The average molecular weight is 304 g/mol. The lowest BCUT2D eigenvalue weighted by Gasteiger charge is -2.01. The quantitative estimate of drug-likeness (QED) is 0.514. The maximum atomic E-state index is 5.43. The van der Waals surface area contributed by atoms with Crippen LogP contribution < -0.4 is 4.74 Å². The Morgan fingerprint density at radius 1 is 0.826 bits per heavy atom. The molecule has 2 aromatic rings. The third-order valence-electron chi connectivity index (χ3n) is 3.47. The predicted octanol–water partition coefficient (Wildman–Crippen LogP) is 5.38. The normalized spacial score (nSPS) is 10.3. The number of hydrogen-bond acceptors (Lipinski definition) is 1. The molecule has 0 bridgehead atoms. The largest absolute Gasteiger partial charge is 0.494 e. The Labute approximate surface area is 140 Å². The fourth-order valence-electron chi connectivity index (χ4n) is 2.23. The molecule has 0 amide bonds. The zero-order chi connectivity index (χ0) is 16.3. The number of hydrogen-bond donors (Lipinski definition) is 0. The minimum atomic E-state index is 0.686. The number of rotatable bonds is 6. The molecular weight excluding hydrogens is 280 g/mol. The van der Waals surface area contributed by atoms with Gasteiger partial charge in [-0.05, 0) is 68.1 Å². The van der Waals surface area contributed by atoms with Gasteiger partial charge < -0.3 is 4.74 Å². The van der Waals surface area contributed by atoms with Crippen LogP contribution in [0, 0.1) is 11.8 Å². The summed E-state index contributed by atoms with van der Waals surface area (Å²) >= 11 is 0. The molecular formula is C22H24O. The third kappa shape index (κ3) is 6.04. The molecule has 0 unspecified atom stereocenters. The van der Waals surface area contributed by atoms with Crippen LogP contribution >= 0.6 is 0 Å². The molecule has 0 N–H and O–H groups in total. The summed E-state index contributed by atoms with van der Waals surface area (Å²) in [6.07, 6.45) is 7.77. The van der Waals surface area contributed by atoms with Gasteiger partial charge >= 0.3 is 0 Å². The zero-order valence-electron chi connectivity index (χ0n) is 14.0. The molecule has 0 heterocycles. The first-order valence-electron chi connectivity index (χ1n) is 8.30. The fraction of sp³-hybridized carbons (Fsp3) is 0.273. The lowest BCUT2D eigenvalue weighted by Crippen LogP contribution is -1.90. The van der Waals surface area contributed by atoms with Crippen LogP contribution in [0.2, 0.25) is 0 Å². The summed E-state index contributed by atoms with van der Waals surface area (Å²) in [6, 6.07) is 16.4. The lowest BCUT2D eigenvalue weighted by molar-refractivity contribution is 0.340. The predicted molar refractivity (Wildman–Crippen MR) is 97.8 cm³/mol. The SMILES string of the molecule is CCC=CCCc1ccc(C#Cc2ccc(OCC)cc2)cc1. The van der Waals surface area contributed by atoms with Gasteiger partial charge in [0.2, 0.25) is 0 Å². The summed E-state index contributed by atoms with van der Waals surface area (Å²) < 4.78 is 5.43. The Hall–Kier alpha value is -2.46. The standard InChI is InChI=1S/C22H24O/c1-3-5-6-7-8-19-9-11-20(12-10-19)13-14-21-15-17-22(18-16-21)23-4-2/h5-6,9-12,15-18H,3-4,7-8H2,1-2H3. The molecule has 0 aliphatic rings. The molecule has 0 spiro atoms. The molecule has 0 atom stereocenters. The van der Waals surface area contributed by atoms with E-state index in [0.717, 1.165) is 36.1 Å². The molecule has 0 radical (unpaired) electrons. The molecule has 0 saturated heterocycles. The third-order valence-corrected chi connectivity index (χ3v) is 3.47. The maximum absolute atomic E-state index is 5.43. The minimum absolute atomic E-state index is 0.686. The molecule has 1 nitrogen and oxygen atoms in total. The molecule has 0 aliphatic carbocycles. The second kappa shape index (κ2) is 9.54. The van der Waals surface area contributed by atoms with Gasteiger partial charge in [0.25, 0.3) is 0 Å². The highest BCUT2D eigenvalue weighted by Gasteiger charge is 1.93. The van der Waals surface area contributed by atoms with Crippen molar-refractivity contribution >= 4 is 0 Å². The Morgan fingerprint density at radius 3 is 2.00 bits per heavy atom. The molecule has 0 aromatic heterocycles. The van der Waals surface area contributed by atoms with Crippen molar-refractivity contribution in [1.29, 1.82) is 0 Å². The van der Waals surface area contributed by atoms with E-state index in [9.17, 15) is 0 Å². The molecule has 2 aromatic carbocycles. The number of allylic oxidation sites excluding steroid dienone is 2. The van der Waals surface area contributed by atoms with Crippen molar-refractivity contribution in [2.45, 2.75) is 33.1 Å². The van der Waals surface area contributed by atoms with E-state index in [0.29, 0.717) is 6.61 Å². The first kappa shape index (κ1) is 16.9.